The highest BCUT2D eigenvalue weighted by Gasteiger charge is 2.06. The second kappa shape index (κ2) is 2.91. The van der Waals surface area contributed by atoms with Crippen molar-refractivity contribution in [1.29, 1.82) is 5.26 Å². The van der Waals surface area contributed by atoms with Gasteiger partial charge in [-0.1, -0.05) is 6.07 Å². The fourth-order valence-corrected chi connectivity index (χ4v) is 1.43. The molecule has 2 rings (SSSR count). The van der Waals surface area contributed by atoms with Crippen molar-refractivity contribution < 1.29 is 4.39 Å². The monoisotopic (exact) mass is 174 g/mol. The lowest BCUT2D eigenvalue weighted by atomic mass is 10.1. The van der Waals surface area contributed by atoms with Crippen molar-refractivity contribution >= 4 is 10.9 Å². The molecule has 1 N–H and O–H groups in total. The number of aromatic nitrogens is 1. The Morgan fingerprint density at radius 2 is 2.31 bits per heavy atom. The summed E-state index contributed by atoms with van der Waals surface area (Å²) < 4.78 is 13.3. The Morgan fingerprint density at radius 3 is 3.08 bits per heavy atom. The number of nitrogens with zero attached hydrogens (tertiary/aromatic N) is 1. The zero-order chi connectivity index (χ0) is 9.26. The zero-order valence-electron chi connectivity index (χ0n) is 6.84. The molecule has 1 aromatic carbocycles. The summed E-state index contributed by atoms with van der Waals surface area (Å²) in [5.74, 6) is -0.274. The molecular weight excluding hydrogens is 167 g/mol. The molecule has 0 aliphatic carbocycles. The number of rotatable bonds is 1. The molecule has 2 nitrogen and oxygen atoms in total. The van der Waals surface area contributed by atoms with E-state index in [0.717, 1.165) is 11.1 Å². The number of aromatic amines is 1. The lowest BCUT2D eigenvalue weighted by Gasteiger charge is -1.93. The van der Waals surface area contributed by atoms with Crippen LogP contribution in [0.5, 0.6) is 0 Å². The third kappa shape index (κ3) is 1.17. The molecule has 1 heterocycles. The van der Waals surface area contributed by atoms with Crippen LogP contribution in [0.25, 0.3) is 10.9 Å². The van der Waals surface area contributed by atoms with Crippen molar-refractivity contribution in [3.63, 3.8) is 0 Å². The van der Waals surface area contributed by atoms with Gasteiger partial charge in [-0.05, 0) is 17.7 Å². The first-order valence-corrected chi connectivity index (χ1v) is 3.94. The second-order valence-corrected chi connectivity index (χ2v) is 2.81. The van der Waals surface area contributed by atoms with Crippen LogP contribution >= 0.6 is 0 Å². The standard InChI is InChI=1S/C10H7FN2/c11-8-2-1-3-9-10(8)7(4-5-12)6-13-9/h1-3,6,13H,4H2. The Balaban J connectivity index is 2.73. The minimum atomic E-state index is -0.274. The summed E-state index contributed by atoms with van der Waals surface area (Å²) in [6, 6.07) is 6.84. The molecule has 1 aromatic heterocycles. The molecule has 0 fully saturated rings. The number of hydrogen-bond acceptors (Lipinski definition) is 1. The molecule has 0 unspecified atom stereocenters. The molecule has 0 aliphatic heterocycles. The van der Waals surface area contributed by atoms with E-state index < -0.39 is 0 Å². The maximum Gasteiger partial charge on any atom is 0.132 e. The van der Waals surface area contributed by atoms with Crippen LogP contribution in [-0.2, 0) is 6.42 Å². The van der Waals surface area contributed by atoms with Gasteiger partial charge in [0.05, 0.1) is 12.5 Å². The van der Waals surface area contributed by atoms with Crippen LogP contribution < -0.4 is 0 Å². The molecule has 0 saturated carbocycles. The summed E-state index contributed by atoms with van der Waals surface area (Å²) in [6.45, 7) is 0. The number of H-pyrrole nitrogens is 1. The van der Waals surface area contributed by atoms with Crippen LogP contribution in [0.1, 0.15) is 5.56 Å². The maximum absolute atomic E-state index is 13.3. The summed E-state index contributed by atoms with van der Waals surface area (Å²) in [5, 5.41) is 9.03. The highest BCUT2D eigenvalue weighted by atomic mass is 19.1. The van der Waals surface area contributed by atoms with Crippen molar-refractivity contribution in [3.05, 3.63) is 35.8 Å². The number of fused-ring (bicyclic) bond motifs is 1. The predicted molar refractivity (Wildman–Crippen MR) is 47.6 cm³/mol. The van der Waals surface area contributed by atoms with Crippen LogP contribution in [0.15, 0.2) is 24.4 Å². The van der Waals surface area contributed by atoms with Gasteiger partial charge in [-0.15, -0.1) is 0 Å². The quantitative estimate of drug-likeness (QED) is 0.708. The first-order chi connectivity index (χ1) is 6.33. The fraction of sp³-hybridized carbons (Fsp3) is 0.100. The summed E-state index contributed by atoms with van der Waals surface area (Å²) in [6.07, 6.45) is 1.91. The Hall–Kier alpha value is -1.82. The van der Waals surface area contributed by atoms with Gasteiger partial charge in [-0.3, -0.25) is 0 Å². The van der Waals surface area contributed by atoms with Gasteiger partial charge in [-0.25, -0.2) is 4.39 Å². The Bertz CT molecular complexity index is 479. The van der Waals surface area contributed by atoms with E-state index in [1.54, 1.807) is 18.3 Å². The molecule has 0 bridgehead atoms. The molecule has 0 atom stereocenters. The smallest absolute Gasteiger partial charge is 0.132 e. The van der Waals surface area contributed by atoms with E-state index in [9.17, 15) is 4.39 Å². The predicted octanol–water partition coefficient (Wildman–Crippen LogP) is 2.37. The molecule has 64 valence electrons. The largest absolute Gasteiger partial charge is 0.361 e. The first kappa shape index (κ1) is 7.81. The van der Waals surface area contributed by atoms with Gasteiger partial charge in [0.25, 0.3) is 0 Å². The number of halogens is 1. The molecule has 13 heavy (non-hydrogen) atoms. The average molecular weight is 174 g/mol. The third-order valence-electron chi connectivity index (χ3n) is 2.01. The van der Waals surface area contributed by atoms with E-state index >= 15 is 0 Å². The van der Waals surface area contributed by atoms with Gasteiger partial charge in [-0.2, -0.15) is 5.26 Å². The Kier molecular flexibility index (Phi) is 1.75. The summed E-state index contributed by atoms with van der Waals surface area (Å²) in [5.41, 5.74) is 1.46. The number of nitriles is 1. The van der Waals surface area contributed by atoms with E-state index in [2.05, 4.69) is 4.98 Å². The van der Waals surface area contributed by atoms with Gasteiger partial charge in [0, 0.05) is 17.1 Å². The summed E-state index contributed by atoms with van der Waals surface area (Å²) >= 11 is 0. The zero-order valence-corrected chi connectivity index (χ0v) is 6.84. The first-order valence-electron chi connectivity index (χ1n) is 3.94. The molecule has 0 radical (unpaired) electrons. The van der Waals surface area contributed by atoms with Crippen molar-refractivity contribution in [2.45, 2.75) is 6.42 Å². The van der Waals surface area contributed by atoms with Crippen LogP contribution in [0.4, 0.5) is 4.39 Å². The van der Waals surface area contributed by atoms with Crippen molar-refractivity contribution in [2.24, 2.45) is 0 Å². The molecule has 0 aliphatic rings. The van der Waals surface area contributed by atoms with Crippen LogP contribution in [0.2, 0.25) is 0 Å². The van der Waals surface area contributed by atoms with Gasteiger partial charge >= 0.3 is 0 Å². The lowest BCUT2D eigenvalue weighted by molar-refractivity contribution is 0.639. The van der Waals surface area contributed by atoms with Crippen molar-refractivity contribution in [1.82, 2.24) is 4.98 Å². The van der Waals surface area contributed by atoms with Crippen molar-refractivity contribution in [2.75, 3.05) is 0 Å². The minimum Gasteiger partial charge on any atom is -0.361 e. The molecule has 0 spiro atoms. The molecule has 2 aromatic rings. The van der Waals surface area contributed by atoms with Gasteiger partial charge in [0.2, 0.25) is 0 Å². The summed E-state index contributed by atoms with van der Waals surface area (Å²) in [4.78, 5) is 2.92. The van der Waals surface area contributed by atoms with E-state index in [1.807, 2.05) is 6.07 Å². The normalized spacial score (nSPS) is 10.2. The molecule has 0 amide bonds. The molecule has 0 saturated heterocycles. The Morgan fingerprint density at radius 1 is 1.46 bits per heavy atom. The van der Waals surface area contributed by atoms with Gasteiger partial charge in [0.1, 0.15) is 5.82 Å². The Labute approximate surface area is 74.6 Å². The topological polar surface area (TPSA) is 39.6 Å². The number of hydrogen-bond donors (Lipinski definition) is 1. The minimum absolute atomic E-state index is 0.237. The fourth-order valence-electron chi connectivity index (χ4n) is 1.43. The van der Waals surface area contributed by atoms with E-state index in [4.69, 9.17) is 5.26 Å². The lowest BCUT2D eigenvalue weighted by Crippen LogP contribution is -1.81. The maximum atomic E-state index is 13.3. The van der Waals surface area contributed by atoms with Crippen LogP contribution in [-0.4, -0.2) is 4.98 Å². The van der Waals surface area contributed by atoms with Gasteiger partial charge in [0.15, 0.2) is 0 Å². The SMILES string of the molecule is N#CCc1c[nH]c2cccc(F)c12. The molecular formula is C10H7FN2. The molecule has 3 heteroatoms. The number of benzene rings is 1. The number of nitrogens with one attached hydrogen (secondary N) is 1. The third-order valence-corrected chi connectivity index (χ3v) is 2.01. The van der Waals surface area contributed by atoms with Crippen LogP contribution in [0.3, 0.4) is 0 Å². The van der Waals surface area contributed by atoms with E-state index in [1.165, 1.54) is 6.07 Å². The van der Waals surface area contributed by atoms with Crippen LogP contribution in [0, 0.1) is 17.1 Å². The average Bonchev–Trinajstić information content (AvgIpc) is 2.51. The summed E-state index contributed by atoms with van der Waals surface area (Å²) in [7, 11) is 0. The highest BCUT2D eigenvalue weighted by molar-refractivity contribution is 5.84. The van der Waals surface area contributed by atoms with E-state index in [-0.39, 0.29) is 12.2 Å². The van der Waals surface area contributed by atoms with E-state index in [0.29, 0.717) is 5.39 Å². The second-order valence-electron chi connectivity index (χ2n) is 2.81. The highest BCUT2D eigenvalue weighted by Crippen LogP contribution is 2.21. The van der Waals surface area contributed by atoms with Crippen molar-refractivity contribution in [3.8, 4) is 6.07 Å². The van der Waals surface area contributed by atoms with Gasteiger partial charge < -0.3 is 4.98 Å².